The van der Waals surface area contributed by atoms with Gasteiger partial charge in [0.2, 0.25) is 0 Å². The number of rotatable bonds is 5. The molecule has 0 nitrogen and oxygen atoms in total. The molecule has 1 aliphatic carbocycles. The van der Waals surface area contributed by atoms with Crippen molar-refractivity contribution >= 4 is 0 Å². The molecule has 1 heteroatoms. The van der Waals surface area contributed by atoms with Crippen LogP contribution in [0.3, 0.4) is 0 Å². The zero-order valence-electron chi connectivity index (χ0n) is 14.1. The number of hydrogen-bond donors (Lipinski definition) is 0. The molecule has 0 unspecified atom stereocenters. The fraction of sp³-hybridized carbons (Fsp3) is 0.455. The second-order valence-electron chi connectivity index (χ2n) is 6.93. The van der Waals surface area contributed by atoms with Crippen molar-refractivity contribution < 1.29 is 4.39 Å². The Hall–Kier alpha value is -1.63. The van der Waals surface area contributed by atoms with Crippen LogP contribution in [0.1, 0.15) is 63.4 Å². The quantitative estimate of drug-likeness (QED) is 0.560. The van der Waals surface area contributed by atoms with Gasteiger partial charge in [-0.1, -0.05) is 74.7 Å². The van der Waals surface area contributed by atoms with E-state index < -0.39 is 0 Å². The summed E-state index contributed by atoms with van der Waals surface area (Å²) < 4.78 is 15.0. The maximum Gasteiger partial charge on any atom is 0.134 e. The molecule has 0 saturated heterocycles. The highest BCUT2D eigenvalue weighted by Crippen LogP contribution is 2.40. The summed E-state index contributed by atoms with van der Waals surface area (Å²) in [5.41, 5.74) is 2.65. The molecule has 0 bridgehead atoms. The van der Waals surface area contributed by atoms with E-state index in [4.69, 9.17) is 0 Å². The molecule has 2 aromatic rings. The molecular formula is C22H27F. The molecule has 1 aliphatic rings. The second kappa shape index (κ2) is 7.77. The second-order valence-corrected chi connectivity index (χ2v) is 6.93. The summed E-state index contributed by atoms with van der Waals surface area (Å²) in [5, 5.41) is 0. The van der Waals surface area contributed by atoms with E-state index in [9.17, 15) is 0 Å². The van der Waals surface area contributed by atoms with Crippen LogP contribution in [-0.2, 0) is 0 Å². The van der Waals surface area contributed by atoms with Crippen LogP contribution in [0.25, 0.3) is 11.1 Å². The molecule has 3 rings (SSSR count). The smallest absolute Gasteiger partial charge is 0.134 e. The summed E-state index contributed by atoms with van der Waals surface area (Å²) >= 11 is 0. The summed E-state index contributed by atoms with van der Waals surface area (Å²) in [4.78, 5) is 0. The summed E-state index contributed by atoms with van der Waals surface area (Å²) in [6.45, 7) is 2.26. The molecule has 0 spiro atoms. The maximum atomic E-state index is 15.0. The minimum Gasteiger partial charge on any atom is -0.206 e. The van der Waals surface area contributed by atoms with Gasteiger partial charge in [0.1, 0.15) is 5.82 Å². The van der Waals surface area contributed by atoms with Crippen LogP contribution >= 0.6 is 0 Å². The average molecular weight is 310 g/mol. The summed E-state index contributed by atoms with van der Waals surface area (Å²) in [5.74, 6) is 1.26. The molecule has 0 heterocycles. The summed E-state index contributed by atoms with van der Waals surface area (Å²) in [7, 11) is 0. The Morgan fingerprint density at radius 2 is 1.65 bits per heavy atom. The van der Waals surface area contributed by atoms with E-state index in [-0.39, 0.29) is 5.82 Å². The first kappa shape index (κ1) is 16.2. The van der Waals surface area contributed by atoms with Gasteiger partial charge in [-0.05, 0) is 48.6 Å². The highest BCUT2D eigenvalue weighted by Gasteiger charge is 2.25. The van der Waals surface area contributed by atoms with Gasteiger partial charge in [0.15, 0.2) is 0 Å². The van der Waals surface area contributed by atoms with Gasteiger partial charge in [-0.15, -0.1) is 0 Å². The Kier molecular flexibility index (Phi) is 5.48. The van der Waals surface area contributed by atoms with Crippen molar-refractivity contribution in [2.45, 2.75) is 57.8 Å². The van der Waals surface area contributed by atoms with E-state index in [0.29, 0.717) is 5.92 Å². The van der Waals surface area contributed by atoms with Crippen LogP contribution in [0, 0.1) is 11.7 Å². The van der Waals surface area contributed by atoms with Gasteiger partial charge < -0.3 is 0 Å². The summed E-state index contributed by atoms with van der Waals surface area (Å²) in [6.07, 6.45) is 8.79. The van der Waals surface area contributed by atoms with E-state index in [2.05, 4.69) is 6.92 Å². The minimum absolute atomic E-state index is 0.00397. The molecule has 0 amide bonds. The third kappa shape index (κ3) is 3.83. The Morgan fingerprint density at radius 3 is 2.35 bits per heavy atom. The Labute approximate surface area is 139 Å². The molecule has 122 valence electrons. The zero-order chi connectivity index (χ0) is 16.1. The first-order valence-electron chi connectivity index (χ1n) is 9.13. The van der Waals surface area contributed by atoms with Crippen molar-refractivity contribution in [3.8, 4) is 11.1 Å². The molecule has 0 aliphatic heterocycles. The lowest BCUT2D eigenvalue weighted by Gasteiger charge is -2.29. The predicted molar refractivity (Wildman–Crippen MR) is 96.1 cm³/mol. The van der Waals surface area contributed by atoms with E-state index in [1.165, 1.54) is 32.1 Å². The number of hydrogen-bond acceptors (Lipinski definition) is 0. The molecule has 0 radical (unpaired) electrons. The SMILES string of the molecule is CCCCC1CCC(c2cccc(-c3ccccc3)c2F)CC1. The van der Waals surface area contributed by atoms with Gasteiger partial charge in [-0.25, -0.2) is 4.39 Å². The monoisotopic (exact) mass is 310 g/mol. The third-order valence-electron chi connectivity index (χ3n) is 5.37. The number of unbranched alkanes of at least 4 members (excludes halogenated alkanes) is 1. The topological polar surface area (TPSA) is 0 Å². The van der Waals surface area contributed by atoms with Crippen molar-refractivity contribution in [2.24, 2.45) is 5.92 Å². The van der Waals surface area contributed by atoms with Gasteiger partial charge in [0.25, 0.3) is 0 Å². The largest absolute Gasteiger partial charge is 0.206 e. The lowest BCUT2D eigenvalue weighted by atomic mass is 9.76. The first-order valence-corrected chi connectivity index (χ1v) is 9.13. The minimum atomic E-state index is -0.00397. The van der Waals surface area contributed by atoms with Crippen molar-refractivity contribution in [3.05, 3.63) is 59.9 Å². The normalized spacial score (nSPS) is 21.3. The van der Waals surface area contributed by atoms with E-state index in [0.717, 1.165) is 35.4 Å². The number of benzene rings is 2. The van der Waals surface area contributed by atoms with Gasteiger partial charge in [0, 0.05) is 5.56 Å². The van der Waals surface area contributed by atoms with Crippen LogP contribution in [0.4, 0.5) is 4.39 Å². The Bertz CT molecular complexity index is 609. The zero-order valence-corrected chi connectivity index (χ0v) is 14.1. The average Bonchev–Trinajstić information content (AvgIpc) is 2.61. The molecule has 0 atom stereocenters. The molecule has 1 fully saturated rings. The van der Waals surface area contributed by atoms with Gasteiger partial charge in [-0.3, -0.25) is 0 Å². The van der Waals surface area contributed by atoms with Crippen molar-refractivity contribution in [2.75, 3.05) is 0 Å². The Balaban J connectivity index is 1.75. The van der Waals surface area contributed by atoms with E-state index >= 15 is 4.39 Å². The van der Waals surface area contributed by atoms with E-state index in [1.54, 1.807) is 0 Å². The number of halogens is 1. The first-order chi connectivity index (χ1) is 11.3. The van der Waals surface area contributed by atoms with Gasteiger partial charge >= 0.3 is 0 Å². The third-order valence-corrected chi connectivity index (χ3v) is 5.37. The van der Waals surface area contributed by atoms with Crippen molar-refractivity contribution in [1.82, 2.24) is 0 Å². The van der Waals surface area contributed by atoms with Crippen molar-refractivity contribution in [1.29, 1.82) is 0 Å². The predicted octanol–water partition coefficient (Wildman–Crippen LogP) is 6.96. The lowest BCUT2D eigenvalue weighted by molar-refractivity contribution is 0.301. The fourth-order valence-corrected chi connectivity index (χ4v) is 3.96. The highest BCUT2D eigenvalue weighted by molar-refractivity contribution is 5.65. The molecule has 0 N–H and O–H groups in total. The molecule has 0 aromatic heterocycles. The van der Waals surface area contributed by atoms with E-state index in [1.807, 2.05) is 48.5 Å². The van der Waals surface area contributed by atoms with Crippen LogP contribution < -0.4 is 0 Å². The van der Waals surface area contributed by atoms with Crippen molar-refractivity contribution in [3.63, 3.8) is 0 Å². The molecule has 2 aromatic carbocycles. The molecular weight excluding hydrogens is 283 g/mol. The van der Waals surface area contributed by atoms with Crippen LogP contribution in [0.5, 0.6) is 0 Å². The standard InChI is InChI=1S/C22H27F/c1-2-3-8-17-13-15-19(16-14-17)21-12-7-11-20(22(21)23)18-9-5-4-6-10-18/h4-7,9-12,17,19H,2-3,8,13-16H2,1H3. The van der Waals surface area contributed by atoms with Gasteiger partial charge in [-0.2, -0.15) is 0 Å². The lowest BCUT2D eigenvalue weighted by Crippen LogP contribution is -2.14. The van der Waals surface area contributed by atoms with Crippen LogP contribution in [0.2, 0.25) is 0 Å². The molecule has 23 heavy (non-hydrogen) atoms. The van der Waals surface area contributed by atoms with Crippen LogP contribution in [-0.4, -0.2) is 0 Å². The highest BCUT2D eigenvalue weighted by atomic mass is 19.1. The maximum absolute atomic E-state index is 15.0. The summed E-state index contributed by atoms with van der Waals surface area (Å²) in [6, 6.07) is 15.8. The Morgan fingerprint density at radius 1 is 0.913 bits per heavy atom. The fourth-order valence-electron chi connectivity index (χ4n) is 3.96. The van der Waals surface area contributed by atoms with Crippen LogP contribution in [0.15, 0.2) is 48.5 Å². The van der Waals surface area contributed by atoms with Gasteiger partial charge in [0.05, 0.1) is 0 Å². The molecule has 1 saturated carbocycles.